The molecule has 0 amide bonds. The maximum atomic E-state index is 6.24. The molecule has 2 aromatic heterocycles. The van der Waals surface area contributed by atoms with Gasteiger partial charge in [-0.15, -0.1) is 0 Å². The Morgan fingerprint density at radius 1 is 0.259 bits per heavy atom. The van der Waals surface area contributed by atoms with Gasteiger partial charge in [0.05, 0.1) is 5.69 Å². The summed E-state index contributed by atoms with van der Waals surface area (Å²) in [5.74, 6) is 0. The monoisotopic (exact) mass is 742 g/mol. The van der Waals surface area contributed by atoms with Crippen LogP contribution in [0.4, 0.5) is 34.1 Å². The Morgan fingerprint density at radius 3 is 1.43 bits per heavy atom. The van der Waals surface area contributed by atoms with E-state index in [1.54, 1.807) is 0 Å². The number of nitrogens with zero attached hydrogens (tertiary/aromatic N) is 2. The fourth-order valence-corrected chi connectivity index (χ4v) is 8.96. The summed E-state index contributed by atoms with van der Waals surface area (Å²) in [6, 6.07) is 73.4. The SMILES string of the molecule is c1ccc(N(c2ccc3c(ccc4c3ccc3cccc(N(c5ccccc5)c5ccc6oc7ccccc7c6c5)c34)c2)c2ccc3oc4ccccc4c3c2)cc1. The van der Waals surface area contributed by atoms with E-state index in [2.05, 4.69) is 192 Å². The van der Waals surface area contributed by atoms with Gasteiger partial charge in [-0.3, -0.25) is 0 Å². The van der Waals surface area contributed by atoms with Gasteiger partial charge < -0.3 is 18.6 Å². The third kappa shape index (κ3) is 5.09. The standard InChI is InChI=1S/C54H34N2O2/c1-3-13-37(14-4-1)55(40-25-30-52-47(33-40)44-17-7-9-20-50(44)57-52)39-24-29-42-36(32-39)23-28-46-43(42)27-22-35-12-11-19-49(54(35)46)56(38-15-5-2-6-16-38)41-26-31-53-48(34-41)45-18-8-10-21-51(45)58-53/h1-34H. The molecule has 0 radical (unpaired) electrons. The summed E-state index contributed by atoms with van der Waals surface area (Å²) in [7, 11) is 0. The van der Waals surface area contributed by atoms with Crippen molar-refractivity contribution in [1.29, 1.82) is 0 Å². The summed E-state index contributed by atoms with van der Waals surface area (Å²) in [5, 5.41) is 11.6. The van der Waals surface area contributed by atoms with Crippen molar-refractivity contribution >= 4 is 110 Å². The molecule has 0 spiro atoms. The van der Waals surface area contributed by atoms with Crippen LogP contribution in [0.25, 0.3) is 76.2 Å². The molecular formula is C54H34N2O2. The fourth-order valence-electron chi connectivity index (χ4n) is 8.96. The topological polar surface area (TPSA) is 32.8 Å². The van der Waals surface area contributed by atoms with Crippen LogP contribution in [0.3, 0.4) is 0 Å². The maximum Gasteiger partial charge on any atom is 0.135 e. The van der Waals surface area contributed by atoms with E-state index < -0.39 is 0 Å². The van der Waals surface area contributed by atoms with Gasteiger partial charge in [0.2, 0.25) is 0 Å². The second kappa shape index (κ2) is 12.9. The summed E-state index contributed by atoms with van der Waals surface area (Å²) < 4.78 is 12.4. The summed E-state index contributed by atoms with van der Waals surface area (Å²) in [6.07, 6.45) is 0. The Hall–Kier alpha value is -7.82. The lowest BCUT2D eigenvalue weighted by molar-refractivity contribution is 0.668. The zero-order valence-electron chi connectivity index (χ0n) is 31.3. The first-order chi connectivity index (χ1) is 28.7. The van der Waals surface area contributed by atoms with Crippen LogP contribution in [0.5, 0.6) is 0 Å². The Balaban J connectivity index is 1.04. The van der Waals surface area contributed by atoms with Crippen LogP contribution in [0, 0.1) is 0 Å². The molecule has 0 unspecified atom stereocenters. The number of furan rings is 2. The minimum Gasteiger partial charge on any atom is -0.456 e. The van der Waals surface area contributed by atoms with Crippen LogP contribution in [0.1, 0.15) is 0 Å². The minimum atomic E-state index is 0.883. The summed E-state index contributed by atoms with van der Waals surface area (Å²) in [4.78, 5) is 4.72. The molecule has 0 atom stereocenters. The molecule has 58 heavy (non-hydrogen) atoms. The highest BCUT2D eigenvalue weighted by Gasteiger charge is 2.20. The lowest BCUT2D eigenvalue weighted by atomic mass is 9.95. The van der Waals surface area contributed by atoms with Crippen molar-refractivity contribution in [2.45, 2.75) is 0 Å². The van der Waals surface area contributed by atoms with Crippen molar-refractivity contribution in [3.63, 3.8) is 0 Å². The van der Waals surface area contributed by atoms with E-state index >= 15 is 0 Å². The predicted octanol–water partition coefficient (Wildman–Crippen LogP) is 15.9. The van der Waals surface area contributed by atoms with E-state index in [4.69, 9.17) is 8.83 Å². The van der Waals surface area contributed by atoms with Crippen molar-refractivity contribution in [1.82, 2.24) is 0 Å². The van der Waals surface area contributed by atoms with Crippen molar-refractivity contribution in [3.05, 3.63) is 206 Å². The van der Waals surface area contributed by atoms with E-state index in [0.717, 1.165) is 78.0 Å². The smallest absolute Gasteiger partial charge is 0.135 e. The molecule has 0 N–H and O–H groups in total. The van der Waals surface area contributed by atoms with Gasteiger partial charge >= 0.3 is 0 Å². The van der Waals surface area contributed by atoms with Gasteiger partial charge in [0.15, 0.2) is 0 Å². The van der Waals surface area contributed by atoms with Crippen LogP contribution in [0.2, 0.25) is 0 Å². The third-order valence-electron chi connectivity index (χ3n) is 11.6. The zero-order valence-corrected chi connectivity index (χ0v) is 31.3. The van der Waals surface area contributed by atoms with E-state index in [-0.39, 0.29) is 0 Å². The molecule has 0 bridgehead atoms. The molecule has 272 valence electrons. The predicted molar refractivity (Wildman–Crippen MR) is 243 cm³/mol. The number of hydrogen-bond donors (Lipinski definition) is 0. The zero-order chi connectivity index (χ0) is 38.2. The van der Waals surface area contributed by atoms with E-state index in [1.807, 2.05) is 24.3 Å². The second-order valence-corrected chi connectivity index (χ2v) is 14.9. The molecule has 12 aromatic rings. The lowest BCUT2D eigenvalue weighted by Gasteiger charge is -2.27. The summed E-state index contributed by atoms with van der Waals surface area (Å²) in [6.45, 7) is 0. The lowest BCUT2D eigenvalue weighted by Crippen LogP contribution is -2.10. The average molecular weight is 743 g/mol. The van der Waals surface area contributed by atoms with Crippen molar-refractivity contribution in [2.75, 3.05) is 9.80 Å². The highest BCUT2D eigenvalue weighted by atomic mass is 16.3. The van der Waals surface area contributed by atoms with Crippen LogP contribution < -0.4 is 9.80 Å². The van der Waals surface area contributed by atoms with Gasteiger partial charge in [-0.2, -0.15) is 0 Å². The van der Waals surface area contributed by atoms with Crippen molar-refractivity contribution in [3.8, 4) is 0 Å². The molecular weight excluding hydrogens is 709 g/mol. The van der Waals surface area contributed by atoms with Gasteiger partial charge in [-0.25, -0.2) is 0 Å². The molecule has 12 rings (SSSR count). The van der Waals surface area contributed by atoms with Crippen LogP contribution in [-0.2, 0) is 0 Å². The summed E-state index contributed by atoms with van der Waals surface area (Å²) >= 11 is 0. The average Bonchev–Trinajstić information content (AvgIpc) is 3.85. The van der Waals surface area contributed by atoms with Gasteiger partial charge in [0, 0.05) is 55.4 Å². The molecule has 0 fully saturated rings. The number of anilines is 6. The van der Waals surface area contributed by atoms with Crippen molar-refractivity contribution < 1.29 is 8.83 Å². The third-order valence-corrected chi connectivity index (χ3v) is 11.6. The molecule has 10 aromatic carbocycles. The van der Waals surface area contributed by atoms with Crippen LogP contribution >= 0.6 is 0 Å². The Labute approximate surface area is 334 Å². The number of para-hydroxylation sites is 4. The molecule has 0 saturated carbocycles. The van der Waals surface area contributed by atoms with Crippen LogP contribution in [0.15, 0.2) is 215 Å². The molecule has 4 nitrogen and oxygen atoms in total. The van der Waals surface area contributed by atoms with Crippen LogP contribution in [-0.4, -0.2) is 0 Å². The molecule has 0 aliphatic heterocycles. The van der Waals surface area contributed by atoms with Gasteiger partial charge in [-0.05, 0) is 118 Å². The molecule has 2 heterocycles. The van der Waals surface area contributed by atoms with Gasteiger partial charge in [0.1, 0.15) is 22.3 Å². The molecule has 0 aliphatic carbocycles. The van der Waals surface area contributed by atoms with Gasteiger partial charge in [0.25, 0.3) is 0 Å². The fraction of sp³-hybridized carbons (Fsp3) is 0. The molecule has 0 saturated heterocycles. The molecule has 0 aliphatic rings. The van der Waals surface area contributed by atoms with Gasteiger partial charge in [-0.1, -0.05) is 115 Å². The van der Waals surface area contributed by atoms with Crippen molar-refractivity contribution in [2.24, 2.45) is 0 Å². The quantitative estimate of drug-likeness (QED) is 0.159. The van der Waals surface area contributed by atoms with E-state index in [0.29, 0.717) is 0 Å². The Morgan fingerprint density at radius 2 is 0.759 bits per heavy atom. The summed E-state index contributed by atoms with van der Waals surface area (Å²) in [5.41, 5.74) is 10.1. The number of rotatable bonds is 6. The molecule has 4 heteroatoms. The number of benzene rings is 10. The second-order valence-electron chi connectivity index (χ2n) is 14.9. The maximum absolute atomic E-state index is 6.24. The van der Waals surface area contributed by atoms with E-state index in [9.17, 15) is 0 Å². The highest BCUT2D eigenvalue weighted by molar-refractivity contribution is 6.22. The normalized spacial score (nSPS) is 11.8. The largest absolute Gasteiger partial charge is 0.456 e. The Bertz CT molecular complexity index is 3530. The first-order valence-electron chi connectivity index (χ1n) is 19.7. The Kier molecular flexibility index (Phi) is 7.20. The highest BCUT2D eigenvalue weighted by Crippen LogP contribution is 2.45. The number of fused-ring (bicyclic) bond motifs is 11. The first kappa shape index (κ1) is 32.4. The van der Waals surface area contributed by atoms with E-state index in [1.165, 1.54) is 32.3 Å². The minimum absolute atomic E-state index is 0.883. The number of hydrogen-bond acceptors (Lipinski definition) is 4. The first-order valence-corrected chi connectivity index (χ1v) is 19.7.